The van der Waals surface area contributed by atoms with E-state index in [1.807, 2.05) is 0 Å². The zero-order valence-corrected chi connectivity index (χ0v) is 15.4. The molecule has 0 saturated heterocycles. The van der Waals surface area contributed by atoms with Crippen LogP contribution in [0.1, 0.15) is 37.4 Å². The second kappa shape index (κ2) is 6.13. The molecular formula is C21H8F4O7. The topological polar surface area (TPSA) is 113 Å². The first-order valence-corrected chi connectivity index (χ1v) is 8.81. The summed E-state index contributed by atoms with van der Waals surface area (Å²) in [5.74, 6) is -15.7. The minimum absolute atomic E-state index is 0.176. The molecule has 5 rings (SSSR count). The molecular weight excluding hydrogens is 440 g/mol. The van der Waals surface area contributed by atoms with Gasteiger partial charge in [-0.3, -0.25) is 0 Å². The summed E-state index contributed by atoms with van der Waals surface area (Å²) in [4.78, 5) is 24.1. The first-order valence-electron chi connectivity index (χ1n) is 8.81. The molecule has 3 aromatic carbocycles. The van der Waals surface area contributed by atoms with Gasteiger partial charge < -0.3 is 24.8 Å². The van der Waals surface area contributed by atoms with Gasteiger partial charge in [-0.1, -0.05) is 18.2 Å². The number of hydrogen-bond acceptors (Lipinski definition) is 6. The van der Waals surface area contributed by atoms with E-state index in [-0.39, 0.29) is 11.1 Å². The van der Waals surface area contributed by atoms with Crippen LogP contribution in [0.15, 0.2) is 30.3 Å². The van der Waals surface area contributed by atoms with E-state index in [9.17, 15) is 38.1 Å². The molecule has 0 fully saturated rings. The van der Waals surface area contributed by atoms with Gasteiger partial charge in [0.1, 0.15) is 5.56 Å². The lowest BCUT2D eigenvalue weighted by Gasteiger charge is -2.37. The van der Waals surface area contributed by atoms with Crippen LogP contribution in [0.3, 0.4) is 0 Å². The van der Waals surface area contributed by atoms with Crippen molar-refractivity contribution in [1.82, 2.24) is 0 Å². The molecule has 2 heterocycles. The summed E-state index contributed by atoms with van der Waals surface area (Å²) in [5, 5.41) is 28.9. The molecule has 7 nitrogen and oxygen atoms in total. The van der Waals surface area contributed by atoms with Crippen LogP contribution < -0.4 is 4.74 Å². The molecule has 0 saturated carbocycles. The molecule has 1 spiro atoms. The quantitative estimate of drug-likeness (QED) is 0.294. The number of ether oxygens (including phenoxy) is 2. The third kappa shape index (κ3) is 2.14. The van der Waals surface area contributed by atoms with Gasteiger partial charge in [0.05, 0.1) is 16.7 Å². The van der Waals surface area contributed by atoms with Crippen molar-refractivity contribution >= 4 is 11.9 Å². The maximum atomic E-state index is 15.1. The van der Waals surface area contributed by atoms with Crippen LogP contribution in [-0.2, 0) is 10.3 Å². The minimum Gasteiger partial charge on any atom is -0.504 e. The fourth-order valence-electron chi connectivity index (χ4n) is 4.02. The molecule has 0 amide bonds. The van der Waals surface area contributed by atoms with Gasteiger partial charge in [0.15, 0.2) is 34.4 Å². The van der Waals surface area contributed by atoms with Crippen molar-refractivity contribution in [3.05, 3.63) is 81.4 Å². The van der Waals surface area contributed by atoms with Gasteiger partial charge in [-0.15, -0.1) is 0 Å². The molecule has 3 N–H and O–H groups in total. The van der Waals surface area contributed by atoms with Crippen molar-refractivity contribution in [3.8, 4) is 23.0 Å². The van der Waals surface area contributed by atoms with Crippen molar-refractivity contribution in [3.63, 3.8) is 0 Å². The third-order valence-corrected chi connectivity index (χ3v) is 5.39. The van der Waals surface area contributed by atoms with Crippen molar-refractivity contribution in [2.45, 2.75) is 5.60 Å². The van der Waals surface area contributed by atoms with E-state index in [0.717, 1.165) is 0 Å². The highest BCUT2D eigenvalue weighted by atomic mass is 19.2. The molecule has 1 atom stereocenters. The summed E-state index contributed by atoms with van der Waals surface area (Å²) in [6.45, 7) is 0. The van der Waals surface area contributed by atoms with Crippen molar-refractivity contribution in [2.75, 3.05) is 0 Å². The predicted octanol–water partition coefficient (Wildman–Crippen LogP) is 3.92. The number of carboxylic acid groups (broad SMARTS) is 1. The summed E-state index contributed by atoms with van der Waals surface area (Å²) >= 11 is 0. The Morgan fingerprint density at radius 1 is 0.875 bits per heavy atom. The number of phenolic OH excluding ortho intramolecular Hbond substituents is 1. The van der Waals surface area contributed by atoms with Gasteiger partial charge in [-0.2, -0.15) is 13.2 Å². The number of hydrogen-bond donors (Lipinski definition) is 3. The lowest BCUT2D eigenvalue weighted by Crippen LogP contribution is -2.35. The molecule has 32 heavy (non-hydrogen) atoms. The number of phenols is 2. The Morgan fingerprint density at radius 3 is 2.22 bits per heavy atom. The van der Waals surface area contributed by atoms with Gasteiger partial charge in [-0.05, 0) is 12.1 Å². The van der Waals surface area contributed by atoms with Crippen LogP contribution in [0.4, 0.5) is 17.6 Å². The Morgan fingerprint density at radius 2 is 1.53 bits per heavy atom. The maximum Gasteiger partial charge on any atom is 0.340 e. The minimum atomic E-state index is -2.59. The van der Waals surface area contributed by atoms with Crippen molar-refractivity contribution < 1.29 is 51.9 Å². The zero-order chi connectivity index (χ0) is 23.1. The van der Waals surface area contributed by atoms with Gasteiger partial charge in [0, 0.05) is 5.56 Å². The fraction of sp³-hybridized carbons (Fsp3) is 0.0476. The normalized spacial score (nSPS) is 17.9. The van der Waals surface area contributed by atoms with Crippen LogP contribution in [-0.4, -0.2) is 27.3 Å². The largest absolute Gasteiger partial charge is 0.504 e. The number of aromatic carboxylic acids is 1. The number of rotatable bonds is 1. The summed E-state index contributed by atoms with van der Waals surface area (Å²) in [7, 11) is 0. The molecule has 0 aliphatic carbocycles. The van der Waals surface area contributed by atoms with Crippen LogP contribution in [0.5, 0.6) is 23.0 Å². The summed E-state index contributed by atoms with van der Waals surface area (Å²) in [5.41, 5.74) is -5.66. The molecule has 2 aliphatic rings. The molecule has 162 valence electrons. The predicted molar refractivity (Wildman–Crippen MR) is 94.8 cm³/mol. The first-order chi connectivity index (χ1) is 15.1. The number of aromatic hydroxyl groups is 2. The number of esters is 1. The van der Waals surface area contributed by atoms with Crippen LogP contribution in [0.25, 0.3) is 0 Å². The smallest absolute Gasteiger partial charge is 0.340 e. The highest BCUT2D eigenvalue weighted by Crippen LogP contribution is 2.60. The molecule has 0 radical (unpaired) electrons. The fourth-order valence-corrected chi connectivity index (χ4v) is 4.02. The van der Waals surface area contributed by atoms with Crippen LogP contribution in [0, 0.1) is 23.3 Å². The lowest BCUT2D eigenvalue weighted by atomic mass is 9.76. The number of benzene rings is 3. The van der Waals surface area contributed by atoms with Crippen LogP contribution >= 0.6 is 0 Å². The van der Waals surface area contributed by atoms with Gasteiger partial charge in [0.2, 0.25) is 17.5 Å². The van der Waals surface area contributed by atoms with E-state index in [4.69, 9.17) is 9.47 Å². The summed E-state index contributed by atoms with van der Waals surface area (Å²) in [6, 6.07) is 5.91. The monoisotopic (exact) mass is 448 g/mol. The van der Waals surface area contributed by atoms with Gasteiger partial charge >= 0.3 is 11.9 Å². The Balaban J connectivity index is 2.03. The van der Waals surface area contributed by atoms with Gasteiger partial charge in [0.25, 0.3) is 0 Å². The lowest BCUT2D eigenvalue weighted by molar-refractivity contribution is 0.0203. The Bertz CT molecular complexity index is 1400. The summed E-state index contributed by atoms with van der Waals surface area (Å²) < 4.78 is 69.6. The van der Waals surface area contributed by atoms with E-state index in [0.29, 0.717) is 6.07 Å². The average molecular weight is 448 g/mol. The second-order valence-electron chi connectivity index (χ2n) is 6.98. The number of carbonyl (C=O) groups is 2. The molecule has 3 aromatic rings. The van der Waals surface area contributed by atoms with E-state index >= 15 is 4.39 Å². The number of fused-ring (bicyclic) bond motifs is 6. The Labute approximate surface area is 174 Å². The standard InChI is InChI=1S/C21H8F4O7/c22-11-10-18(14(25)16(27)12(11)23)31-17-9(5-7(19(28)29)15(26)13(17)24)21(10)8-4-2-1-3-6(8)20(30)32-21/h1-5,26-27H,(H,28,29). The van der Waals surface area contributed by atoms with Gasteiger partial charge in [-0.25, -0.2) is 14.0 Å². The highest BCUT2D eigenvalue weighted by Gasteiger charge is 2.58. The molecule has 11 heteroatoms. The van der Waals surface area contributed by atoms with E-state index in [2.05, 4.69) is 0 Å². The SMILES string of the molecule is O=C1OC2(c3ccccc31)c1cc(C(=O)O)c(O)c(F)c1Oc1c(F)c(O)c(F)c(F)c12. The highest BCUT2D eigenvalue weighted by molar-refractivity contribution is 5.98. The average Bonchev–Trinajstić information content (AvgIpc) is 3.06. The summed E-state index contributed by atoms with van der Waals surface area (Å²) in [6.07, 6.45) is 0. The number of halogens is 4. The van der Waals surface area contributed by atoms with Crippen LogP contribution in [0.2, 0.25) is 0 Å². The zero-order valence-electron chi connectivity index (χ0n) is 15.4. The van der Waals surface area contributed by atoms with E-state index in [1.54, 1.807) is 0 Å². The number of carbonyl (C=O) groups excluding carboxylic acids is 1. The van der Waals surface area contributed by atoms with Crippen molar-refractivity contribution in [1.29, 1.82) is 0 Å². The maximum absolute atomic E-state index is 15.1. The molecule has 0 bridgehead atoms. The number of carboxylic acids is 1. The Kier molecular flexibility index (Phi) is 3.76. The molecule has 0 aromatic heterocycles. The van der Waals surface area contributed by atoms with E-state index in [1.165, 1.54) is 24.3 Å². The first kappa shape index (κ1) is 19.7. The third-order valence-electron chi connectivity index (χ3n) is 5.39. The second-order valence-corrected chi connectivity index (χ2v) is 6.98. The molecule has 2 aliphatic heterocycles. The Hall–Kier alpha value is -4.28. The van der Waals surface area contributed by atoms with E-state index < -0.39 is 80.5 Å². The van der Waals surface area contributed by atoms with Crippen molar-refractivity contribution in [2.24, 2.45) is 0 Å². The molecule has 1 unspecified atom stereocenters.